The Morgan fingerprint density at radius 3 is 2.84 bits per heavy atom. The van der Waals surface area contributed by atoms with Gasteiger partial charge in [-0.15, -0.1) is 11.3 Å². The van der Waals surface area contributed by atoms with Crippen LogP contribution in [0.5, 0.6) is 0 Å². The number of nitrogens with two attached hydrogens (primary N) is 1. The van der Waals surface area contributed by atoms with Crippen molar-refractivity contribution in [3.8, 4) is 0 Å². The highest BCUT2D eigenvalue weighted by Gasteiger charge is 2.11. The van der Waals surface area contributed by atoms with E-state index in [2.05, 4.69) is 15.7 Å². The Kier molecular flexibility index (Phi) is 4.13. The number of nitrogen functional groups attached to an aromatic ring is 1. The SMILES string of the molecule is Cc1ccc(NN)c(C(=O)NCc2nc(C)cs2)c1. The fourth-order valence-corrected chi connectivity index (χ4v) is 2.42. The number of amides is 1. The lowest BCUT2D eigenvalue weighted by Gasteiger charge is -2.09. The Morgan fingerprint density at radius 2 is 2.21 bits per heavy atom. The van der Waals surface area contributed by atoms with E-state index in [9.17, 15) is 4.79 Å². The molecule has 19 heavy (non-hydrogen) atoms. The van der Waals surface area contributed by atoms with E-state index in [1.807, 2.05) is 25.3 Å². The molecule has 4 N–H and O–H groups in total. The molecule has 1 heterocycles. The second-order valence-electron chi connectivity index (χ2n) is 4.26. The summed E-state index contributed by atoms with van der Waals surface area (Å²) >= 11 is 1.53. The summed E-state index contributed by atoms with van der Waals surface area (Å²) < 4.78 is 0. The number of benzene rings is 1. The standard InChI is InChI=1S/C13H16N4OS/c1-8-3-4-11(17-14)10(5-8)13(18)15-6-12-16-9(2)7-19-12/h3-5,7,17H,6,14H2,1-2H3,(H,15,18). The third-order valence-electron chi connectivity index (χ3n) is 2.64. The van der Waals surface area contributed by atoms with Gasteiger partial charge in [-0.2, -0.15) is 0 Å². The van der Waals surface area contributed by atoms with Crippen molar-refractivity contribution in [1.29, 1.82) is 0 Å². The molecule has 0 saturated carbocycles. The Hall–Kier alpha value is -1.92. The maximum absolute atomic E-state index is 12.1. The molecule has 0 aliphatic rings. The Bertz CT molecular complexity index is 594. The molecule has 1 amide bonds. The third-order valence-corrected chi connectivity index (χ3v) is 3.61. The highest BCUT2D eigenvalue weighted by molar-refractivity contribution is 7.09. The van der Waals surface area contributed by atoms with Crippen molar-refractivity contribution >= 4 is 22.9 Å². The van der Waals surface area contributed by atoms with Gasteiger partial charge >= 0.3 is 0 Å². The van der Waals surface area contributed by atoms with Gasteiger partial charge in [0.25, 0.3) is 5.91 Å². The van der Waals surface area contributed by atoms with Gasteiger partial charge in [-0.3, -0.25) is 10.6 Å². The van der Waals surface area contributed by atoms with Crippen LogP contribution in [-0.2, 0) is 6.54 Å². The third kappa shape index (κ3) is 3.30. The molecule has 0 fully saturated rings. The van der Waals surface area contributed by atoms with Crippen LogP contribution in [0.2, 0.25) is 0 Å². The summed E-state index contributed by atoms with van der Waals surface area (Å²) in [7, 11) is 0. The average molecular weight is 276 g/mol. The molecule has 0 unspecified atom stereocenters. The van der Waals surface area contributed by atoms with Crippen molar-refractivity contribution in [3.05, 3.63) is 45.4 Å². The van der Waals surface area contributed by atoms with Crippen molar-refractivity contribution < 1.29 is 4.79 Å². The van der Waals surface area contributed by atoms with E-state index < -0.39 is 0 Å². The zero-order valence-corrected chi connectivity index (χ0v) is 11.7. The molecule has 0 bridgehead atoms. The van der Waals surface area contributed by atoms with E-state index in [4.69, 9.17) is 5.84 Å². The van der Waals surface area contributed by atoms with Crippen LogP contribution in [0.15, 0.2) is 23.6 Å². The number of anilines is 1. The highest BCUT2D eigenvalue weighted by atomic mass is 32.1. The van der Waals surface area contributed by atoms with E-state index in [0.717, 1.165) is 16.3 Å². The van der Waals surface area contributed by atoms with E-state index in [1.54, 1.807) is 12.1 Å². The number of carbonyl (C=O) groups excluding carboxylic acids is 1. The maximum Gasteiger partial charge on any atom is 0.253 e. The monoisotopic (exact) mass is 276 g/mol. The van der Waals surface area contributed by atoms with Gasteiger partial charge in [0.1, 0.15) is 5.01 Å². The van der Waals surface area contributed by atoms with E-state index in [1.165, 1.54) is 11.3 Å². The van der Waals surface area contributed by atoms with Gasteiger partial charge in [-0.25, -0.2) is 4.98 Å². The van der Waals surface area contributed by atoms with E-state index in [0.29, 0.717) is 17.8 Å². The Morgan fingerprint density at radius 1 is 1.42 bits per heavy atom. The predicted molar refractivity (Wildman–Crippen MR) is 77.0 cm³/mol. The largest absolute Gasteiger partial charge is 0.345 e. The van der Waals surface area contributed by atoms with Crippen molar-refractivity contribution in [2.24, 2.45) is 5.84 Å². The summed E-state index contributed by atoms with van der Waals surface area (Å²) in [5, 5.41) is 5.69. The lowest BCUT2D eigenvalue weighted by molar-refractivity contribution is 0.0951. The number of hydrazine groups is 1. The second kappa shape index (κ2) is 5.81. The number of rotatable bonds is 4. The number of thiazole rings is 1. The summed E-state index contributed by atoms with van der Waals surface area (Å²) in [4.78, 5) is 16.4. The number of hydrogen-bond acceptors (Lipinski definition) is 5. The van der Waals surface area contributed by atoms with Crippen LogP contribution in [-0.4, -0.2) is 10.9 Å². The van der Waals surface area contributed by atoms with Crippen molar-refractivity contribution in [2.45, 2.75) is 20.4 Å². The minimum atomic E-state index is -0.162. The molecule has 1 aromatic heterocycles. The first-order valence-electron chi connectivity index (χ1n) is 5.86. The number of nitrogens with one attached hydrogen (secondary N) is 2. The van der Waals surface area contributed by atoms with Crippen LogP contribution in [0.3, 0.4) is 0 Å². The number of hydrogen-bond donors (Lipinski definition) is 3. The fraction of sp³-hybridized carbons (Fsp3) is 0.231. The van der Waals surface area contributed by atoms with E-state index in [-0.39, 0.29) is 5.91 Å². The summed E-state index contributed by atoms with van der Waals surface area (Å²) in [5.41, 5.74) is 5.65. The average Bonchev–Trinajstić information content (AvgIpc) is 2.81. The minimum absolute atomic E-state index is 0.162. The summed E-state index contributed by atoms with van der Waals surface area (Å²) in [6, 6.07) is 5.49. The number of aromatic nitrogens is 1. The predicted octanol–water partition coefficient (Wildman–Crippen LogP) is 1.98. The summed E-state index contributed by atoms with van der Waals surface area (Å²) in [5.74, 6) is 5.25. The molecular formula is C13H16N4OS. The molecular weight excluding hydrogens is 260 g/mol. The molecule has 6 heteroatoms. The van der Waals surface area contributed by atoms with Crippen LogP contribution < -0.4 is 16.6 Å². The Balaban J connectivity index is 2.09. The summed E-state index contributed by atoms with van der Waals surface area (Å²) in [6.45, 7) is 4.29. The molecule has 0 atom stereocenters. The van der Waals surface area contributed by atoms with Gasteiger partial charge in [-0.05, 0) is 26.0 Å². The number of aryl methyl sites for hydroxylation is 2. The highest BCUT2D eigenvalue weighted by Crippen LogP contribution is 2.16. The quantitative estimate of drug-likeness (QED) is 0.589. The molecule has 2 aromatic rings. The topological polar surface area (TPSA) is 80.0 Å². The van der Waals surface area contributed by atoms with Crippen LogP contribution in [0.4, 0.5) is 5.69 Å². The van der Waals surface area contributed by atoms with Crippen LogP contribution in [0.1, 0.15) is 26.6 Å². The van der Waals surface area contributed by atoms with Gasteiger partial charge in [-0.1, -0.05) is 11.6 Å². The first-order valence-corrected chi connectivity index (χ1v) is 6.74. The Labute approximate surface area is 115 Å². The zero-order valence-electron chi connectivity index (χ0n) is 10.9. The van der Waals surface area contributed by atoms with Gasteiger partial charge in [0, 0.05) is 11.1 Å². The smallest absolute Gasteiger partial charge is 0.253 e. The van der Waals surface area contributed by atoms with Crippen molar-refractivity contribution in [1.82, 2.24) is 10.3 Å². The normalized spacial score (nSPS) is 10.3. The molecule has 0 aliphatic heterocycles. The van der Waals surface area contributed by atoms with Crippen molar-refractivity contribution in [2.75, 3.05) is 5.43 Å². The molecule has 0 spiro atoms. The molecule has 100 valence electrons. The maximum atomic E-state index is 12.1. The number of nitrogens with zero attached hydrogens (tertiary/aromatic N) is 1. The fourth-order valence-electron chi connectivity index (χ4n) is 1.71. The molecule has 1 aromatic carbocycles. The zero-order chi connectivity index (χ0) is 13.8. The number of carbonyl (C=O) groups is 1. The van der Waals surface area contributed by atoms with Gasteiger partial charge in [0.05, 0.1) is 17.8 Å². The lowest BCUT2D eigenvalue weighted by atomic mass is 10.1. The first kappa shape index (κ1) is 13.5. The summed E-state index contributed by atoms with van der Waals surface area (Å²) in [6.07, 6.45) is 0. The van der Waals surface area contributed by atoms with Gasteiger partial charge in [0.15, 0.2) is 0 Å². The molecule has 0 aliphatic carbocycles. The molecule has 5 nitrogen and oxygen atoms in total. The van der Waals surface area contributed by atoms with Gasteiger partial charge < -0.3 is 10.7 Å². The molecule has 0 radical (unpaired) electrons. The van der Waals surface area contributed by atoms with Gasteiger partial charge in [0.2, 0.25) is 0 Å². The lowest BCUT2D eigenvalue weighted by Crippen LogP contribution is -2.24. The minimum Gasteiger partial charge on any atom is -0.345 e. The van der Waals surface area contributed by atoms with E-state index >= 15 is 0 Å². The van der Waals surface area contributed by atoms with Crippen LogP contribution in [0, 0.1) is 13.8 Å². The van der Waals surface area contributed by atoms with Crippen LogP contribution in [0.25, 0.3) is 0 Å². The molecule has 2 rings (SSSR count). The molecule has 0 saturated heterocycles. The van der Waals surface area contributed by atoms with Crippen LogP contribution >= 0.6 is 11.3 Å². The van der Waals surface area contributed by atoms with Crippen molar-refractivity contribution in [3.63, 3.8) is 0 Å². The second-order valence-corrected chi connectivity index (χ2v) is 5.20. The first-order chi connectivity index (χ1) is 9.10.